The van der Waals surface area contributed by atoms with Gasteiger partial charge >= 0.3 is 0 Å². The van der Waals surface area contributed by atoms with Crippen molar-refractivity contribution in [2.75, 3.05) is 6.61 Å². The summed E-state index contributed by atoms with van der Waals surface area (Å²) in [7, 11) is 0. The van der Waals surface area contributed by atoms with E-state index >= 15 is 0 Å². The van der Waals surface area contributed by atoms with Crippen LogP contribution in [0.5, 0.6) is 0 Å². The fourth-order valence-electron chi connectivity index (χ4n) is 0.779. The maximum atomic E-state index is 10.7. The van der Waals surface area contributed by atoms with Gasteiger partial charge in [0.2, 0.25) is 5.56 Å². The molecule has 0 aromatic carbocycles. The summed E-state index contributed by atoms with van der Waals surface area (Å²) in [6.07, 6.45) is 0. The van der Waals surface area contributed by atoms with Crippen molar-refractivity contribution in [2.45, 2.75) is 6.04 Å². The molecular formula is C7H10N2O2. The number of nitrogens with two attached hydrogens (primary N) is 1. The Morgan fingerprint density at radius 1 is 1.64 bits per heavy atom. The average molecular weight is 154 g/mol. The van der Waals surface area contributed by atoms with Gasteiger partial charge in [-0.1, -0.05) is 6.07 Å². The van der Waals surface area contributed by atoms with Gasteiger partial charge in [-0.2, -0.15) is 0 Å². The van der Waals surface area contributed by atoms with E-state index in [2.05, 4.69) is 4.98 Å². The van der Waals surface area contributed by atoms with Crippen LogP contribution in [-0.2, 0) is 0 Å². The minimum Gasteiger partial charge on any atom is -0.394 e. The van der Waals surface area contributed by atoms with E-state index in [1.165, 1.54) is 6.07 Å². The Balaban J connectivity index is 2.96. The summed E-state index contributed by atoms with van der Waals surface area (Å²) in [5, 5.41) is 8.63. The molecule has 1 unspecified atom stereocenters. The maximum Gasteiger partial charge on any atom is 0.248 e. The highest BCUT2D eigenvalue weighted by atomic mass is 16.3. The first-order valence-electron chi connectivity index (χ1n) is 3.29. The number of pyridine rings is 1. The number of hydrogen-bond acceptors (Lipinski definition) is 3. The van der Waals surface area contributed by atoms with Crippen molar-refractivity contribution < 1.29 is 5.11 Å². The second-order valence-electron chi connectivity index (χ2n) is 2.26. The van der Waals surface area contributed by atoms with Crippen LogP contribution in [0.15, 0.2) is 23.0 Å². The summed E-state index contributed by atoms with van der Waals surface area (Å²) in [6.45, 7) is -0.167. The van der Waals surface area contributed by atoms with Crippen molar-refractivity contribution >= 4 is 0 Å². The zero-order valence-corrected chi connectivity index (χ0v) is 5.95. The number of aromatic amines is 1. The third-order valence-corrected chi connectivity index (χ3v) is 1.39. The van der Waals surface area contributed by atoms with E-state index in [0.29, 0.717) is 5.69 Å². The quantitative estimate of drug-likeness (QED) is 0.530. The fraction of sp³-hybridized carbons (Fsp3) is 0.286. The van der Waals surface area contributed by atoms with E-state index in [1.54, 1.807) is 12.1 Å². The number of aromatic nitrogens is 1. The van der Waals surface area contributed by atoms with Crippen LogP contribution in [0.3, 0.4) is 0 Å². The average Bonchev–Trinajstić information content (AvgIpc) is 2.03. The Hall–Kier alpha value is -1.13. The van der Waals surface area contributed by atoms with E-state index in [-0.39, 0.29) is 12.2 Å². The van der Waals surface area contributed by atoms with Crippen LogP contribution in [0.2, 0.25) is 0 Å². The normalized spacial score (nSPS) is 12.9. The molecular weight excluding hydrogens is 144 g/mol. The Morgan fingerprint density at radius 2 is 2.36 bits per heavy atom. The van der Waals surface area contributed by atoms with Crippen LogP contribution < -0.4 is 11.3 Å². The minimum atomic E-state index is -0.496. The van der Waals surface area contributed by atoms with Gasteiger partial charge in [-0.05, 0) is 6.07 Å². The third-order valence-electron chi connectivity index (χ3n) is 1.39. The monoisotopic (exact) mass is 154 g/mol. The second kappa shape index (κ2) is 3.32. The molecule has 1 heterocycles. The molecule has 1 rings (SSSR count). The molecule has 0 aliphatic heterocycles. The number of nitrogens with one attached hydrogen (secondary N) is 1. The Morgan fingerprint density at radius 3 is 2.91 bits per heavy atom. The van der Waals surface area contributed by atoms with Gasteiger partial charge in [-0.3, -0.25) is 4.79 Å². The minimum absolute atomic E-state index is 0.167. The second-order valence-corrected chi connectivity index (χ2v) is 2.26. The van der Waals surface area contributed by atoms with Gasteiger partial charge in [0.05, 0.1) is 12.6 Å². The van der Waals surface area contributed by atoms with Gasteiger partial charge < -0.3 is 15.8 Å². The first kappa shape index (κ1) is 7.97. The van der Waals surface area contributed by atoms with Crippen molar-refractivity contribution in [2.24, 2.45) is 5.73 Å². The zero-order chi connectivity index (χ0) is 8.27. The summed E-state index contributed by atoms with van der Waals surface area (Å²) < 4.78 is 0. The topological polar surface area (TPSA) is 79.1 Å². The molecule has 1 aromatic rings. The molecule has 0 bridgehead atoms. The first-order chi connectivity index (χ1) is 5.24. The Labute approximate surface area is 63.7 Å². The Bertz CT molecular complexity index is 282. The fourth-order valence-corrected chi connectivity index (χ4v) is 0.779. The van der Waals surface area contributed by atoms with E-state index in [1.807, 2.05) is 0 Å². The van der Waals surface area contributed by atoms with Crippen molar-refractivity contribution in [3.63, 3.8) is 0 Å². The van der Waals surface area contributed by atoms with E-state index in [9.17, 15) is 4.79 Å². The lowest BCUT2D eigenvalue weighted by Gasteiger charge is -2.06. The standard InChI is InChI=1S/C7H10N2O2/c8-5(4-10)6-2-1-3-7(11)9-6/h1-3,5,10H,4,8H2,(H,9,11). The molecule has 1 aromatic heterocycles. The number of aliphatic hydroxyl groups excluding tert-OH is 1. The number of aliphatic hydroxyl groups is 1. The van der Waals surface area contributed by atoms with E-state index in [0.717, 1.165) is 0 Å². The van der Waals surface area contributed by atoms with Gasteiger partial charge in [0.15, 0.2) is 0 Å². The predicted molar refractivity (Wildman–Crippen MR) is 41.1 cm³/mol. The van der Waals surface area contributed by atoms with Gasteiger partial charge in [-0.15, -0.1) is 0 Å². The third kappa shape index (κ3) is 1.89. The van der Waals surface area contributed by atoms with E-state index < -0.39 is 6.04 Å². The highest BCUT2D eigenvalue weighted by molar-refractivity contribution is 5.07. The molecule has 0 saturated carbocycles. The van der Waals surface area contributed by atoms with Crippen LogP contribution in [0.25, 0.3) is 0 Å². The summed E-state index contributed by atoms with van der Waals surface area (Å²) in [5.74, 6) is 0. The first-order valence-corrected chi connectivity index (χ1v) is 3.29. The SMILES string of the molecule is NC(CO)c1cccc(=O)[nH]1. The summed E-state index contributed by atoms with van der Waals surface area (Å²) in [4.78, 5) is 13.2. The Kier molecular flexibility index (Phi) is 2.40. The van der Waals surface area contributed by atoms with E-state index in [4.69, 9.17) is 10.8 Å². The summed E-state index contributed by atoms with van der Waals surface area (Å²) >= 11 is 0. The zero-order valence-electron chi connectivity index (χ0n) is 5.95. The number of rotatable bonds is 2. The van der Waals surface area contributed by atoms with Crippen molar-refractivity contribution in [3.8, 4) is 0 Å². The van der Waals surface area contributed by atoms with Crippen LogP contribution in [0.1, 0.15) is 11.7 Å². The molecule has 4 nitrogen and oxygen atoms in total. The maximum absolute atomic E-state index is 10.7. The van der Waals surface area contributed by atoms with Gasteiger partial charge in [-0.25, -0.2) is 0 Å². The molecule has 4 N–H and O–H groups in total. The molecule has 0 radical (unpaired) electrons. The predicted octanol–water partition coefficient (Wildman–Crippen LogP) is -0.633. The van der Waals surface area contributed by atoms with Gasteiger partial charge in [0, 0.05) is 11.8 Å². The summed E-state index contributed by atoms with van der Waals surface area (Å²) in [6, 6.07) is 4.17. The molecule has 11 heavy (non-hydrogen) atoms. The molecule has 0 spiro atoms. The molecule has 0 fully saturated rings. The van der Waals surface area contributed by atoms with Crippen molar-refractivity contribution in [1.29, 1.82) is 0 Å². The van der Waals surface area contributed by atoms with Crippen LogP contribution >= 0.6 is 0 Å². The lowest BCUT2D eigenvalue weighted by molar-refractivity contribution is 0.265. The molecule has 60 valence electrons. The number of hydrogen-bond donors (Lipinski definition) is 3. The highest BCUT2D eigenvalue weighted by Crippen LogP contribution is 2.01. The van der Waals surface area contributed by atoms with Gasteiger partial charge in [0.1, 0.15) is 0 Å². The summed E-state index contributed by atoms with van der Waals surface area (Å²) in [5.41, 5.74) is 5.80. The number of H-pyrrole nitrogens is 1. The van der Waals surface area contributed by atoms with Gasteiger partial charge in [0.25, 0.3) is 0 Å². The molecule has 4 heteroatoms. The van der Waals surface area contributed by atoms with Crippen molar-refractivity contribution in [1.82, 2.24) is 4.98 Å². The molecule has 0 aliphatic carbocycles. The molecule has 0 aliphatic rings. The van der Waals surface area contributed by atoms with Crippen LogP contribution in [-0.4, -0.2) is 16.7 Å². The smallest absolute Gasteiger partial charge is 0.248 e. The van der Waals surface area contributed by atoms with Crippen LogP contribution in [0.4, 0.5) is 0 Å². The largest absolute Gasteiger partial charge is 0.394 e. The molecule has 0 amide bonds. The molecule has 0 saturated heterocycles. The lowest BCUT2D eigenvalue weighted by Crippen LogP contribution is -2.19. The van der Waals surface area contributed by atoms with Crippen LogP contribution in [0, 0.1) is 0 Å². The lowest BCUT2D eigenvalue weighted by atomic mass is 10.2. The molecule has 1 atom stereocenters. The van der Waals surface area contributed by atoms with Crippen molar-refractivity contribution in [3.05, 3.63) is 34.2 Å². The highest BCUT2D eigenvalue weighted by Gasteiger charge is 2.02.